The Labute approximate surface area is 385 Å². The molecule has 2 aromatic carbocycles. The van der Waals surface area contributed by atoms with Crippen molar-refractivity contribution in [1.29, 1.82) is 0 Å². The standard InChI is InChI=1S/C19H14Br2N2.C6H5Br2NO4S.C6H3Br2NO.2CH4.K/c20-16-11-12-18(21)23-17(16)13-22-19(14-7-3-1-4-8-14)15-9-5-2-6-10-15;7-3-1-2-4(8)9-5(3)6(10)14(11,12)13;7-4-1-2-6(8)9-5(4)3-10;;;/h1-13,19H;1-2,6,10H,(H,11,12,13);1-3H;2*1H4;/q;;;;;+1/p-1. The molecule has 260 valence electrons. The Morgan fingerprint density at radius 3 is 1.46 bits per heavy atom. The van der Waals surface area contributed by atoms with Crippen LogP contribution in [0.1, 0.15) is 59.3 Å². The summed E-state index contributed by atoms with van der Waals surface area (Å²) in [6, 6.07) is 30.9. The smallest absolute Gasteiger partial charge is 0.746 e. The van der Waals surface area contributed by atoms with Gasteiger partial charge in [0, 0.05) is 19.6 Å². The SMILES string of the molecule is Brc1ccc(Br)c(C=NC(c2ccccc2)c2ccccc2)n1.C.C.O=Cc1nc(Br)ccc1Br.O=S(=O)([O-])C(O)c1nc(Br)ccc1Br.[K+]. The molecule has 17 heteroatoms. The van der Waals surface area contributed by atoms with Gasteiger partial charge in [-0.3, -0.25) is 9.79 Å². The van der Waals surface area contributed by atoms with E-state index in [1.54, 1.807) is 12.1 Å². The Morgan fingerprint density at radius 2 is 1.04 bits per heavy atom. The third-order valence-electron chi connectivity index (χ3n) is 5.71. The van der Waals surface area contributed by atoms with Crippen LogP contribution in [0.2, 0.25) is 0 Å². The summed E-state index contributed by atoms with van der Waals surface area (Å²) in [5, 5.41) is 9.15. The van der Waals surface area contributed by atoms with Crippen LogP contribution in [-0.4, -0.2) is 45.5 Å². The van der Waals surface area contributed by atoms with E-state index in [-0.39, 0.29) is 82.4 Å². The second-order valence-corrected chi connectivity index (χ2v) is 15.4. The van der Waals surface area contributed by atoms with E-state index >= 15 is 0 Å². The van der Waals surface area contributed by atoms with Gasteiger partial charge in [-0.05, 0) is 143 Å². The molecule has 0 aliphatic rings. The maximum Gasteiger partial charge on any atom is 1.00 e. The van der Waals surface area contributed by atoms with Gasteiger partial charge in [-0.15, -0.1) is 0 Å². The van der Waals surface area contributed by atoms with Gasteiger partial charge >= 0.3 is 51.4 Å². The molecule has 1 N–H and O–H groups in total. The summed E-state index contributed by atoms with van der Waals surface area (Å²) in [6.45, 7) is 0. The van der Waals surface area contributed by atoms with Crippen molar-refractivity contribution in [2.45, 2.75) is 26.3 Å². The number of halogens is 6. The summed E-state index contributed by atoms with van der Waals surface area (Å²) >= 11 is 19.2. The number of aliphatic hydroxyl groups excluding tert-OH is 1. The number of pyridine rings is 3. The Hall–Kier alpha value is -0.384. The van der Waals surface area contributed by atoms with Gasteiger partial charge in [0.1, 0.15) is 29.6 Å². The number of aliphatic imine (C=N–C) groups is 1. The number of aliphatic hydroxyl groups is 1. The van der Waals surface area contributed by atoms with Crippen molar-refractivity contribution in [1.82, 2.24) is 15.0 Å². The second-order valence-electron chi connectivity index (χ2n) is 8.97. The maximum absolute atomic E-state index is 10.5. The van der Waals surface area contributed by atoms with E-state index in [2.05, 4.69) is 135 Å². The molecule has 0 aliphatic carbocycles. The average molecular weight is 1110 g/mol. The molecule has 9 nitrogen and oxygen atoms in total. The fraction of sp³-hybridized carbons (Fsp3) is 0.121. The Kier molecular flexibility index (Phi) is 24.6. The molecular weight excluding hydrogens is 1080 g/mol. The Morgan fingerprint density at radius 1 is 0.640 bits per heavy atom. The minimum Gasteiger partial charge on any atom is -0.746 e. The van der Waals surface area contributed by atoms with Crippen LogP contribution in [0.15, 0.2) is 129 Å². The Bertz CT molecular complexity index is 1910. The van der Waals surface area contributed by atoms with Crippen LogP contribution in [0.25, 0.3) is 0 Å². The number of aldehydes is 1. The third kappa shape index (κ3) is 16.3. The van der Waals surface area contributed by atoms with Crippen molar-refractivity contribution in [2.24, 2.45) is 4.99 Å². The van der Waals surface area contributed by atoms with E-state index in [4.69, 9.17) is 10.1 Å². The van der Waals surface area contributed by atoms with Gasteiger partial charge in [-0.25, -0.2) is 23.4 Å². The normalized spacial score (nSPS) is 11.0. The molecule has 0 aliphatic heterocycles. The van der Waals surface area contributed by atoms with Gasteiger partial charge in [-0.1, -0.05) is 75.5 Å². The monoisotopic (exact) mass is 1110 g/mol. The number of aromatic nitrogens is 3. The molecule has 1 atom stereocenters. The number of hydrogen-bond acceptors (Lipinski definition) is 9. The van der Waals surface area contributed by atoms with E-state index in [0.717, 1.165) is 25.9 Å². The first kappa shape index (κ1) is 49.6. The van der Waals surface area contributed by atoms with Crippen molar-refractivity contribution >= 4 is 118 Å². The van der Waals surface area contributed by atoms with Gasteiger partial charge in [0.15, 0.2) is 11.7 Å². The molecule has 0 saturated heterocycles. The Balaban J connectivity index is 0.000000767. The molecule has 0 saturated carbocycles. The minimum atomic E-state index is -4.80. The first-order valence-electron chi connectivity index (χ1n) is 13.0. The molecule has 50 heavy (non-hydrogen) atoms. The van der Waals surface area contributed by atoms with Crippen LogP contribution >= 0.6 is 95.6 Å². The molecule has 1 unspecified atom stereocenters. The number of nitrogens with zero attached hydrogens (tertiary/aromatic N) is 4. The summed E-state index contributed by atoms with van der Waals surface area (Å²) < 4.78 is 35.2. The second kappa shape index (κ2) is 24.8. The topological polar surface area (TPSA) is 146 Å². The maximum atomic E-state index is 10.5. The van der Waals surface area contributed by atoms with Crippen molar-refractivity contribution in [3.05, 3.63) is 152 Å². The number of benzene rings is 2. The quantitative estimate of drug-likeness (QED) is 0.0576. The fourth-order valence-electron chi connectivity index (χ4n) is 3.56. The van der Waals surface area contributed by atoms with Gasteiger partial charge in [-0.2, -0.15) is 0 Å². The number of hydrogen-bond donors (Lipinski definition) is 1. The number of carbonyl (C=O) groups excluding carboxylic acids is 1. The predicted molar refractivity (Wildman–Crippen MR) is 215 cm³/mol. The molecular formula is C33H29Br6KN4O5S. The van der Waals surface area contributed by atoms with Crippen LogP contribution in [0.5, 0.6) is 0 Å². The molecule has 0 radical (unpaired) electrons. The van der Waals surface area contributed by atoms with Gasteiger partial charge in [0.2, 0.25) is 0 Å². The van der Waals surface area contributed by atoms with E-state index in [9.17, 15) is 17.8 Å². The summed E-state index contributed by atoms with van der Waals surface area (Å²) in [7, 11) is -4.80. The fourth-order valence-corrected chi connectivity index (χ4v) is 6.21. The zero-order valence-electron chi connectivity index (χ0n) is 24.6. The van der Waals surface area contributed by atoms with Crippen LogP contribution in [0.4, 0.5) is 0 Å². The van der Waals surface area contributed by atoms with Crippen molar-refractivity contribution in [3.8, 4) is 0 Å². The summed E-state index contributed by atoms with van der Waals surface area (Å²) in [5.41, 5.74) is 1.14. The predicted octanol–water partition coefficient (Wildman–Crippen LogP) is 7.65. The average Bonchev–Trinajstić information content (AvgIpc) is 3.06. The molecule has 0 fully saturated rings. The van der Waals surface area contributed by atoms with Crippen LogP contribution < -0.4 is 51.4 Å². The molecule has 3 heterocycles. The molecule has 0 bridgehead atoms. The zero-order chi connectivity index (χ0) is 34.6. The molecule has 5 rings (SSSR count). The summed E-state index contributed by atoms with van der Waals surface area (Å²) in [5.74, 6) is 0. The molecule has 3 aromatic heterocycles. The molecule has 5 aromatic rings. The first-order valence-corrected chi connectivity index (χ1v) is 19.2. The zero-order valence-corrected chi connectivity index (χ0v) is 38.0. The van der Waals surface area contributed by atoms with E-state index in [1.165, 1.54) is 12.1 Å². The van der Waals surface area contributed by atoms with E-state index in [0.29, 0.717) is 25.7 Å². The van der Waals surface area contributed by atoms with Gasteiger partial charge < -0.3 is 9.66 Å². The van der Waals surface area contributed by atoms with Crippen LogP contribution in [-0.2, 0) is 10.1 Å². The van der Waals surface area contributed by atoms with Gasteiger partial charge in [0.25, 0.3) is 0 Å². The van der Waals surface area contributed by atoms with Crippen LogP contribution in [0.3, 0.4) is 0 Å². The van der Waals surface area contributed by atoms with E-state index < -0.39 is 15.6 Å². The number of rotatable bonds is 7. The van der Waals surface area contributed by atoms with Crippen molar-refractivity contribution < 1.29 is 74.3 Å². The largest absolute Gasteiger partial charge is 1.00 e. The van der Waals surface area contributed by atoms with Gasteiger partial charge in [0.05, 0.1) is 17.4 Å². The minimum absolute atomic E-state index is 0. The van der Waals surface area contributed by atoms with Crippen molar-refractivity contribution in [2.75, 3.05) is 0 Å². The van der Waals surface area contributed by atoms with E-state index in [1.807, 2.05) is 54.7 Å². The molecule has 0 spiro atoms. The number of carbonyl (C=O) groups is 1. The van der Waals surface area contributed by atoms with Crippen molar-refractivity contribution in [3.63, 3.8) is 0 Å². The third-order valence-corrected chi connectivity index (χ3v) is 9.82. The molecule has 0 amide bonds. The summed E-state index contributed by atoms with van der Waals surface area (Å²) in [6.07, 6.45) is 2.52. The van der Waals surface area contributed by atoms with Crippen LogP contribution in [0, 0.1) is 0 Å². The summed E-state index contributed by atoms with van der Waals surface area (Å²) in [4.78, 5) is 27.1. The first-order chi connectivity index (χ1) is 22.3.